The van der Waals surface area contributed by atoms with E-state index in [9.17, 15) is 9.59 Å². The van der Waals surface area contributed by atoms with E-state index >= 15 is 0 Å². The van der Waals surface area contributed by atoms with Crippen molar-refractivity contribution in [2.24, 2.45) is 0 Å². The Bertz CT molecular complexity index is 1300. The highest BCUT2D eigenvalue weighted by Crippen LogP contribution is 2.42. The lowest BCUT2D eigenvalue weighted by Crippen LogP contribution is -2.31. The van der Waals surface area contributed by atoms with Gasteiger partial charge in [0.05, 0.1) is 17.8 Å². The molecule has 0 unspecified atom stereocenters. The van der Waals surface area contributed by atoms with Gasteiger partial charge in [-0.25, -0.2) is 0 Å². The fraction of sp³-hybridized carbons (Fsp3) is 0.241. The zero-order valence-electron chi connectivity index (χ0n) is 19.4. The molecule has 1 aliphatic carbocycles. The summed E-state index contributed by atoms with van der Waals surface area (Å²) in [6, 6.07) is 20.8. The summed E-state index contributed by atoms with van der Waals surface area (Å²) in [5.74, 6) is -0.209. The molecule has 5 rings (SSSR count). The number of carbonyl (C=O) groups is 2. The van der Waals surface area contributed by atoms with Crippen LogP contribution in [0.1, 0.15) is 58.4 Å². The number of fused-ring (bicyclic) bond motifs is 2. The topological polar surface area (TPSA) is 49.4 Å². The van der Waals surface area contributed by atoms with Gasteiger partial charge in [-0.05, 0) is 80.1 Å². The van der Waals surface area contributed by atoms with Crippen LogP contribution in [0.3, 0.4) is 0 Å². The number of allylic oxidation sites excluding steroid dienone is 1. The molecule has 0 aromatic heterocycles. The third-order valence-corrected chi connectivity index (χ3v) is 7.82. The first kappa shape index (κ1) is 23.7. The number of rotatable bonds is 6. The van der Waals surface area contributed by atoms with E-state index in [1.54, 1.807) is 16.7 Å². The highest BCUT2D eigenvalue weighted by atomic mass is 35.5. The molecule has 178 valence electrons. The molecule has 0 saturated carbocycles. The summed E-state index contributed by atoms with van der Waals surface area (Å²) in [5.41, 5.74) is 4.31. The number of nitrogens with one attached hydrogen (secondary N) is 1. The molecule has 4 nitrogen and oxygen atoms in total. The smallest absolute Gasteiger partial charge is 0.259 e. The van der Waals surface area contributed by atoms with Crippen LogP contribution in [0, 0.1) is 0 Å². The van der Waals surface area contributed by atoms with E-state index in [0.717, 1.165) is 40.3 Å². The Morgan fingerprint density at radius 3 is 2.71 bits per heavy atom. The van der Waals surface area contributed by atoms with Crippen molar-refractivity contribution < 1.29 is 9.59 Å². The predicted molar refractivity (Wildman–Crippen MR) is 142 cm³/mol. The van der Waals surface area contributed by atoms with Crippen molar-refractivity contribution in [3.05, 3.63) is 100 Å². The molecule has 0 radical (unpaired) electrons. The minimum atomic E-state index is -0.119. The lowest BCUT2D eigenvalue weighted by molar-refractivity contribution is 0.0950. The molecule has 0 saturated heterocycles. The average Bonchev–Trinajstić information content (AvgIpc) is 2.99. The third-order valence-electron chi connectivity index (χ3n) is 6.44. The molecular weight excluding hydrogens is 476 g/mol. The average molecular weight is 503 g/mol. The highest BCUT2D eigenvalue weighted by Gasteiger charge is 2.28. The van der Waals surface area contributed by atoms with E-state index in [4.69, 9.17) is 11.6 Å². The zero-order valence-corrected chi connectivity index (χ0v) is 21.0. The van der Waals surface area contributed by atoms with Crippen molar-refractivity contribution in [2.45, 2.75) is 48.4 Å². The molecule has 0 spiro atoms. The Hall–Kier alpha value is -3.02. The number of hydrogen-bond acceptors (Lipinski definition) is 3. The van der Waals surface area contributed by atoms with E-state index in [-0.39, 0.29) is 11.8 Å². The summed E-state index contributed by atoms with van der Waals surface area (Å²) in [5, 5.41) is 3.69. The summed E-state index contributed by atoms with van der Waals surface area (Å²) < 4.78 is 0. The Balaban J connectivity index is 1.43. The minimum Gasteiger partial charge on any atom is -0.352 e. The third kappa shape index (κ3) is 5.47. The van der Waals surface area contributed by atoms with Crippen molar-refractivity contribution in [1.29, 1.82) is 0 Å². The minimum absolute atomic E-state index is 0.0892. The van der Waals surface area contributed by atoms with Crippen LogP contribution in [0.4, 0.5) is 5.69 Å². The van der Waals surface area contributed by atoms with Gasteiger partial charge in [0.15, 0.2) is 0 Å². The number of nitrogens with zero attached hydrogens (tertiary/aromatic N) is 1. The van der Waals surface area contributed by atoms with Crippen LogP contribution in [0.2, 0.25) is 5.02 Å². The maximum Gasteiger partial charge on any atom is 0.259 e. The summed E-state index contributed by atoms with van der Waals surface area (Å²) >= 11 is 7.77. The van der Waals surface area contributed by atoms with Gasteiger partial charge in [-0.2, -0.15) is 0 Å². The van der Waals surface area contributed by atoms with Gasteiger partial charge < -0.3 is 10.2 Å². The first-order chi connectivity index (χ1) is 17.1. The first-order valence-electron chi connectivity index (χ1n) is 12.0. The van der Waals surface area contributed by atoms with Crippen molar-refractivity contribution in [2.75, 3.05) is 11.4 Å². The van der Waals surface area contributed by atoms with Crippen molar-refractivity contribution in [3.63, 3.8) is 0 Å². The molecule has 2 amide bonds. The van der Waals surface area contributed by atoms with Crippen LogP contribution in [-0.2, 0) is 6.54 Å². The molecule has 1 heterocycles. The van der Waals surface area contributed by atoms with Crippen LogP contribution in [0.25, 0.3) is 0 Å². The van der Waals surface area contributed by atoms with Crippen molar-refractivity contribution in [3.8, 4) is 0 Å². The maximum atomic E-state index is 13.7. The van der Waals surface area contributed by atoms with Crippen LogP contribution in [-0.4, -0.2) is 18.4 Å². The lowest BCUT2D eigenvalue weighted by atomic mass is 9.97. The van der Waals surface area contributed by atoms with Crippen LogP contribution in [0.15, 0.2) is 88.2 Å². The highest BCUT2D eigenvalue weighted by molar-refractivity contribution is 7.99. The summed E-state index contributed by atoms with van der Waals surface area (Å²) in [6.45, 7) is 0.980. The monoisotopic (exact) mass is 502 g/mol. The molecule has 3 aromatic carbocycles. The van der Waals surface area contributed by atoms with E-state index in [1.807, 2.05) is 66.7 Å². The van der Waals surface area contributed by atoms with E-state index < -0.39 is 0 Å². The molecule has 3 aromatic rings. The Morgan fingerprint density at radius 1 is 1.00 bits per heavy atom. The summed E-state index contributed by atoms with van der Waals surface area (Å²) in [6.07, 6.45) is 7.98. The zero-order chi connectivity index (χ0) is 24.2. The second-order valence-corrected chi connectivity index (χ2v) is 10.4. The van der Waals surface area contributed by atoms with Crippen LogP contribution in [0.5, 0.6) is 0 Å². The Morgan fingerprint density at radius 2 is 1.89 bits per heavy atom. The van der Waals surface area contributed by atoms with Gasteiger partial charge in [0.1, 0.15) is 0 Å². The van der Waals surface area contributed by atoms with Gasteiger partial charge in [0, 0.05) is 26.9 Å². The van der Waals surface area contributed by atoms with Crippen LogP contribution < -0.4 is 10.2 Å². The van der Waals surface area contributed by atoms with E-state index in [1.165, 1.54) is 18.4 Å². The molecular formula is C29H27ClN2O2S. The molecule has 35 heavy (non-hydrogen) atoms. The molecule has 2 aliphatic rings. The van der Waals surface area contributed by atoms with Gasteiger partial charge >= 0.3 is 0 Å². The summed E-state index contributed by atoms with van der Waals surface area (Å²) in [7, 11) is 0. The van der Waals surface area contributed by atoms with Gasteiger partial charge in [-0.15, -0.1) is 0 Å². The van der Waals surface area contributed by atoms with Gasteiger partial charge in [0.25, 0.3) is 11.8 Å². The first-order valence-corrected chi connectivity index (χ1v) is 13.2. The molecule has 0 bridgehead atoms. The quantitative estimate of drug-likeness (QED) is 0.360. The second kappa shape index (κ2) is 10.7. The summed E-state index contributed by atoms with van der Waals surface area (Å²) in [4.78, 5) is 30.3. The number of amides is 2. The molecule has 0 fully saturated rings. The number of halogens is 1. The molecule has 6 heteroatoms. The largest absolute Gasteiger partial charge is 0.352 e. The maximum absolute atomic E-state index is 13.7. The number of benzene rings is 3. The SMILES string of the molecule is O=C(NCCC1=CCCCC1)c1ccc2c(c1)N(Cc1cccc(Cl)c1)C(=O)c1ccccc1S2. The molecule has 1 aliphatic heterocycles. The Kier molecular flexibility index (Phi) is 7.26. The Labute approximate surface area is 215 Å². The van der Waals surface area contributed by atoms with Gasteiger partial charge in [-0.1, -0.05) is 59.3 Å². The van der Waals surface area contributed by atoms with Gasteiger partial charge in [-0.3, -0.25) is 9.59 Å². The number of hydrogen-bond donors (Lipinski definition) is 1. The fourth-order valence-electron chi connectivity index (χ4n) is 4.61. The second-order valence-electron chi connectivity index (χ2n) is 8.92. The van der Waals surface area contributed by atoms with Crippen molar-refractivity contribution in [1.82, 2.24) is 5.32 Å². The lowest BCUT2D eigenvalue weighted by Gasteiger charge is -2.24. The molecule has 0 atom stereocenters. The number of anilines is 1. The molecule has 1 N–H and O–H groups in total. The normalized spacial score (nSPS) is 15.1. The number of carbonyl (C=O) groups excluding carboxylic acids is 2. The fourth-order valence-corrected chi connectivity index (χ4v) is 5.88. The standard InChI is InChI=1S/C29H27ClN2O2S/c30-23-10-6-9-21(17-23)19-32-25-18-22(28(33)31-16-15-20-7-2-1-3-8-20)13-14-27(25)35-26-12-5-4-11-24(26)29(32)34/h4-7,9-14,17-18H,1-3,8,15-16,19H2,(H,31,33). The van der Waals surface area contributed by atoms with Crippen molar-refractivity contribution >= 4 is 40.9 Å². The van der Waals surface area contributed by atoms with E-state index in [0.29, 0.717) is 29.2 Å². The predicted octanol–water partition coefficient (Wildman–Crippen LogP) is 7.27. The van der Waals surface area contributed by atoms with Crippen LogP contribution >= 0.6 is 23.4 Å². The van der Waals surface area contributed by atoms with Gasteiger partial charge in [0.2, 0.25) is 0 Å². The van der Waals surface area contributed by atoms with E-state index in [2.05, 4.69) is 11.4 Å².